The van der Waals surface area contributed by atoms with Crippen LogP contribution in [0.15, 0.2) is 24.3 Å². The van der Waals surface area contributed by atoms with Crippen LogP contribution in [0.2, 0.25) is 0 Å². The maximum Gasteiger partial charge on any atom is 0.261 e. The fraction of sp³-hybridized carbons (Fsp3) is 0.409. The number of aromatic nitrogens is 2. The van der Waals surface area contributed by atoms with Gasteiger partial charge in [0.25, 0.3) is 5.91 Å². The van der Waals surface area contributed by atoms with Gasteiger partial charge in [0.2, 0.25) is 10.0 Å². The zero-order valence-electron chi connectivity index (χ0n) is 18.7. The molecular weight excluding hydrogens is 432 g/mol. The van der Waals surface area contributed by atoms with Crippen LogP contribution in [0.3, 0.4) is 0 Å². The minimum Gasteiger partial charge on any atom is -0.347 e. The average Bonchev–Trinajstić information content (AvgIpc) is 3.03. The first kappa shape index (κ1) is 23.3. The average molecular weight is 461 g/mol. The summed E-state index contributed by atoms with van der Waals surface area (Å²) in [7, 11) is -1.92. The third kappa shape index (κ3) is 5.28. The number of amides is 1. The molecule has 2 aromatic heterocycles. The number of hydrogen-bond acceptors (Lipinski definition) is 6. The Kier molecular flexibility index (Phi) is 6.50. The summed E-state index contributed by atoms with van der Waals surface area (Å²) in [5.74, 6) is 0.541. The van der Waals surface area contributed by atoms with Crippen molar-refractivity contribution in [3.05, 3.63) is 57.4 Å². The van der Waals surface area contributed by atoms with Gasteiger partial charge in [-0.15, -0.1) is 11.3 Å². The number of thiophene rings is 1. The largest absolute Gasteiger partial charge is 0.347 e. The van der Waals surface area contributed by atoms with E-state index in [9.17, 15) is 13.2 Å². The molecule has 1 amide bonds. The number of carbonyl (C=O) groups excluding carboxylic acids is 1. The molecule has 0 saturated carbocycles. The highest BCUT2D eigenvalue weighted by Gasteiger charge is 2.23. The molecule has 0 aliphatic rings. The Hall–Kier alpha value is -2.36. The van der Waals surface area contributed by atoms with Crippen molar-refractivity contribution in [2.45, 2.75) is 52.3 Å². The number of aryl methyl sites for hydroxylation is 2. The Labute approximate surface area is 187 Å². The number of benzene rings is 1. The minimum absolute atomic E-state index is 0.0753. The highest BCUT2D eigenvalue weighted by Crippen LogP contribution is 2.33. The highest BCUT2D eigenvalue weighted by atomic mass is 32.2. The predicted octanol–water partition coefficient (Wildman–Crippen LogP) is 3.58. The second-order valence-electron chi connectivity index (χ2n) is 8.58. The molecule has 0 spiro atoms. The molecule has 0 aliphatic carbocycles. The van der Waals surface area contributed by atoms with E-state index in [1.807, 2.05) is 26.0 Å². The zero-order valence-corrected chi connectivity index (χ0v) is 20.3. The minimum atomic E-state index is -3.31. The van der Waals surface area contributed by atoms with Crippen LogP contribution < -0.4 is 10.0 Å². The van der Waals surface area contributed by atoms with Crippen LogP contribution in [0.4, 0.5) is 0 Å². The molecule has 9 heteroatoms. The molecule has 31 heavy (non-hydrogen) atoms. The van der Waals surface area contributed by atoms with E-state index in [1.165, 1.54) is 18.4 Å². The van der Waals surface area contributed by atoms with Crippen molar-refractivity contribution in [2.75, 3.05) is 7.05 Å². The Morgan fingerprint density at radius 3 is 2.26 bits per heavy atom. The summed E-state index contributed by atoms with van der Waals surface area (Å²) < 4.78 is 25.6. The van der Waals surface area contributed by atoms with E-state index in [2.05, 4.69) is 35.8 Å². The van der Waals surface area contributed by atoms with Crippen molar-refractivity contribution in [1.82, 2.24) is 20.0 Å². The lowest BCUT2D eigenvalue weighted by Gasteiger charge is -2.16. The fourth-order valence-corrected chi connectivity index (χ4v) is 5.12. The first-order valence-corrected chi connectivity index (χ1v) is 12.4. The number of hydrogen-bond donors (Lipinski definition) is 2. The number of carbonyl (C=O) groups is 1. The summed E-state index contributed by atoms with van der Waals surface area (Å²) in [5, 5.41) is 3.90. The van der Waals surface area contributed by atoms with Gasteiger partial charge in [-0.25, -0.2) is 23.1 Å². The Bertz CT molecular complexity index is 1220. The van der Waals surface area contributed by atoms with Crippen LogP contribution in [0, 0.1) is 13.8 Å². The lowest BCUT2D eigenvalue weighted by Crippen LogP contribution is -2.22. The van der Waals surface area contributed by atoms with Crippen LogP contribution in [0.25, 0.3) is 10.2 Å². The van der Waals surface area contributed by atoms with Crippen molar-refractivity contribution in [1.29, 1.82) is 0 Å². The van der Waals surface area contributed by atoms with Gasteiger partial charge in [0.1, 0.15) is 10.7 Å². The van der Waals surface area contributed by atoms with Gasteiger partial charge in [-0.1, -0.05) is 45.0 Å². The fourth-order valence-electron chi connectivity index (χ4n) is 3.20. The zero-order chi connectivity index (χ0) is 23.0. The molecule has 0 atom stereocenters. The van der Waals surface area contributed by atoms with Crippen LogP contribution in [0.5, 0.6) is 0 Å². The molecule has 2 heterocycles. The van der Waals surface area contributed by atoms with E-state index in [1.54, 1.807) is 12.1 Å². The number of nitrogens with zero attached hydrogens (tertiary/aromatic N) is 2. The van der Waals surface area contributed by atoms with Crippen LogP contribution in [-0.4, -0.2) is 31.3 Å². The molecule has 0 saturated heterocycles. The van der Waals surface area contributed by atoms with E-state index in [-0.39, 0.29) is 17.1 Å². The van der Waals surface area contributed by atoms with E-state index in [0.717, 1.165) is 32.9 Å². The predicted molar refractivity (Wildman–Crippen MR) is 125 cm³/mol. The third-order valence-corrected chi connectivity index (χ3v) is 7.51. The molecule has 0 aliphatic heterocycles. The topological polar surface area (TPSA) is 101 Å². The molecule has 0 bridgehead atoms. The van der Waals surface area contributed by atoms with E-state index in [0.29, 0.717) is 17.0 Å². The SMILES string of the molecule is CNS(=O)(=O)Cc1ccc(CNC(=O)c2sc3nc(C(C)(C)C)nc(C)c3c2C)cc1. The lowest BCUT2D eigenvalue weighted by molar-refractivity contribution is 0.0954. The monoisotopic (exact) mass is 460 g/mol. The van der Waals surface area contributed by atoms with E-state index < -0.39 is 10.0 Å². The summed E-state index contributed by atoms with van der Waals surface area (Å²) in [6.45, 7) is 10.4. The van der Waals surface area contributed by atoms with Gasteiger partial charge in [-0.05, 0) is 37.6 Å². The maximum absolute atomic E-state index is 12.9. The highest BCUT2D eigenvalue weighted by molar-refractivity contribution is 7.88. The van der Waals surface area contributed by atoms with Crippen LogP contribution in [0.1, 0.15) is 58.7 Å². The smallest absolute Gasteiger partial charge is 0.261 e. The van der Waals surface area contributed by atoms with Gasteiger partial charge >= 0.3 is 0 Å². The summed E-state index contributed by atoms with van der Waals surface area (Å²) in [4.78, 5) is 23.7. The van der Waals surface area contributed by atoms with E-state index >= 15 is 0 Å². The summed E-state index contributed by atoms with van der Waals surface area (Å²) in [5.41, 5.74) is 3.19. The van der Waals surface area contributed by atoms with Crippen LogP contribution in [-0.2, 0) is 27.7 Å². The standard InChI is InChI=1S/C22H28N4O3S2/c1-13-17-14(2)25-21(22(3,4)5)26-20(17)30-18(13)19(27)24-11-15-7-9-16(10-8-15)12-31(28,29)23-6/h7-10,23H,11-12H2,1-6H3,(H,24,27). The molecule has 1 aromatic carbocycles. The second-order valence-corrected chi connectivity index (χ2v) is 11.5. The molecule has 0 fully saturated rings. The van der Waals surface area contributed by atoms with Gasteiger partial charge in [0.15, 0.2) is 0 Å². The molecule has 0 radical (unpaired) electrons. The normalized spacial score (nSPS) is 12.3. The molecule has 3 rings (SSSR count). The Balaban J connectivity index is 1.76. The van der Waals surface area contributed by atoms with Gasteiger partial charge in [0, 0.05) is 17.3 Å². The van der Waals surface area contributed by atoms with Gasteiger partial charge in [-0.3, -0.25) is 4.79 Å². The van der Waals surface area contributed by atoms with Crippen molar-refractivity contribution in [3.63, 3.8) is 0 Å². The van der Waals surface area contributed by atoms with E-state index in [4.69, 9.17) is 4.98 Å². The van der Waals surface area contributed by atoms with Gasteiger partial charge in [0.05, 0.1) is 16.3 Å². The Morgan fingerprint density at radius 1 is 1.06 bits per heavy atom. The molecule has 2 N–H and O–H groups in total. The summed E-state index contributed by atoms with van der Waals surface area (Å²) >= 11 is 1.39. The molecule has 166 valence electrons. The molecular formula is C22H28N4O3S2. The third-order valence-electron chi connectivity index (χ3n) is 4.99. The molecule has 3 aromatic rings. The van der Waals surface area contributed by atoms with Gasteiger partial charge in [-0.2, -0.15) is 0 Å². The first-order valence-electron chi connectivity index (χ1n) is 9.96. The van der Waals surface area contributed by atoms with Crippen molar-refractivity contribution in [2.24, 2.45) is 0 Å². The Morgan fingerprint density at radius 2 is 1.68 bits per heavy atom. The lowest BCUT2D eigenvalue weighted by atomic mass is 9.95. The number of sulfonamides is 1. The maximum atomic E-state index is 12.9. The van der Waals surface area contributed by atoms with Crippen LogP contribution >= 0.6 is 11.3 Å². The first-order chi connectivity index (χ1) is 14.4. The molecule has 7 nitrogen and oxygen atoms in total. The second kappa shape index (κ2) is 8.64. The number of rotatable bonds is 6. The van der Waals surface area contributed by atoms with Gasteiger partial charge < -0.3 is 5.32 Å². The molecule has 0 unspecified atom stereocenters. The summed E-state index contributed by atoms with van der Waals surface area (Å²) in [6.07, 6.45) is 0. The number of fused-ring (bicyclic) bond motifs is 1. The quantitative estimate of drug-likeness (QED) is 0.585. The van der Waals surface area contributed by atoms with Crippen molar-refractivity contribution < 1.29 is 13.2 Å². The van der Waals surface area contributed by atoms with Crippen molar-refractivity contribution >= 4 is 37.5 Å². The van der Waals surface area contributed by atoms with Crippen molar-refractivity contribution in [3.8, 4) is 0 Å². The number of nitrogens with one attached hydrogen (secondary N) is 2. The summed E-state index contributed by atoms with van der Waals surface area (Å²) in [6, 6.07) is 7.16.